The number of anilines is 1. The normalized spacial score (nSPS) is 15.8. The molecule has 2 heteroatoms. The minimum absolute atomic E-state index is 0.739. The molecule has 0 aromatic heterocycles. The molecule has 0 saturated carbocycles. The lowest BCUT2D eigenvalue weighted by molar-refractivity contribution is 0.0699. The quantitative estimate of drug-likeness (QED) is 0.890. The molecule has 1 N–H and O–H groups in total. The summed E-state index contributed by atoms with van der Waals surface area (Å²) >= 11 is 0. The fourth-order valence-corrected chi connectivity index (χ4v) is 2.87. The van der Waals surface area contributed by atoms with Crippen molar-refractivity contribution in [1.29, 1.82) is 0 Å². The van der Waals surface area contributed by atoms with E-state index in [2.05, 4.69) is 59.9 Å². The van der Waals surface area contributed by atoms with Gasteiger partial charge in [0.25, 0.3) is 0 Å². The van der Waals surface area contributed by atoms with Crippen molar-refractivity contribution in [2.45, 2.75) is 19.3 Å². The monoisotopic (exact) mass is 281 g/mol. The van der Waals surface area contributed by atoms with Crippen LogP contribution in [0.15, 0.2) is 54.6 Å². The zero-order valence-electron chi connectivity index (χ0n) is 12.4. The molecule has 110 valence electrons. The van der Waals surface area contributed by atoms with Crippen LogP contribution in [-0.2, 0) is 11.2 Å². The molecule has 0 aliphatic carbocycles. The summed E-state index contributed by atoms with van der Waals surface area (Å²) in [6, 6.07) is 19.3. The molecule has 1 aliphatic heterocycles. The molecule has 1 aliphatic rings. The fraction of sp³-hybridized carbons (Fsp3) is 0.368. The molecule has 21 heavy (non-hydrogen) atoms. The Morgan fingerprint density at radius 3 is 2.43 bits per heavy atom. The topological polar surface area (TPSA) is 21.3 Å². The molecule has 2 aromatic carbocycles. The van der Waals surface area contributed by atoms with E-state index in [-0.39, 0.29) is 0 Å². The van der Waals surface area contributed by atoms with Crippen molar-refractivity contribution in [1.82, 2.24) is 0 Å². The SMILES string of the molecule is c1ccc(Cc2ccccc2NCC2CCOCC2)cc1. The molecule has 1 fully saturated rings. The van der Waals surface area contributed by atoms with Gasteiger partial charge in [0.2, 0.25) is 0 Å². The molecule has 3 rings (SSSR count). The van der Waals surface area contributed by atoms with E-state index in [1.165, 1.54) is 29.7 Å². The Morgan fingerprint density at radius 1 is 0.905 bits per heavy atom. The van der Waals surface area contributed by atoms with Gasteiger partial charge in [0.1, 0.15) is 0 Å². The first-order chi connectivity index (χ1) is 10.4. The van der Waals surface area contributed by atoms with Gasteiger partial charge in [0, 0.05) is 25.4 Å². The van der Waals surface area contributed by atoms with Crippen LogP contribution in [0.5, 0.6) is 0 Å². The Balaban J connectivity index is 1.64. The zero-order chi connectivity index (χ0) is 14.3. The second-order valence-corrected chi connectivity index (χ2v) is 5.76. The summed E-state index contributed by atoms with van der Waals surface area (Å²) in [4.78, 5) is 0. The lowest BCUT2D eigenvalue weighted by atomic mass is 9.99. The largest absolute Gasteiger partial charge is 0.385 e. The summed E-state index contributed by atoms with van der Waals surface area (Å²) in [6.45, 7) is 2.88. The minimum atomic E-state index is 0.739. The predicted octanol–water partition coefficient (Wildman–Crippen LogP) is 4.12. The number of benzene rings is 2. The van der Waals surface area contributed by atoms with E-state index in [4.69, 9.17) is 4.74 Å². The maximum atomic E-state index is 5.43. The first-order valence-corrected chi connectivity index (χ1v) is 7.85. The summed E-state index contributed by atoms with van der Waals surface area (Å²) in [5.74, 6) is 0.739. The Hall–Kier alpha value is -1.80. The van der Waals surface area contributed by atoms with Crippen LogP contribution in [-0.4, -0.2) is 19.8 Å². The van der Waals surface area contributed by atoms with Crippen LogP contribution >= 0.6 is 0 Å². The van der Waals surface area contributed by atoms with Gasteiger partial charge in [-0.15, -0.1) is 0 Å². The van der Waals surface area contributed by atoms with Gasteiger partial charge in [-0.25, -0.2) is 0 Å². The Kier molecular flexibility index (Phi) is 4.90. The summed E-state index contributed by atoms with van der Waals surface area (Å²) in [5, 5.41) is 3.65. The Bertz CT molecular complexity index is 547. The van der Waals surface area contributed by atoms with Gasteiger partial charge in [-0.3, -0.25) is 0 Å². The molecule has 2 nitrogen and oxygen atoms in total. The fourth-order valence-electron chi connectivity index (χ4n) is 2.87. The van der Waals surface area contributed by atoms with Gasteiger partial charge in [-0.1, -0.05) is 48.5 Å². The van der Waals surface area contributed by atoms with Gasteiger partial charge in [0.05, 0.1) is 0 Å². The molecule has 2 aromatic rings. The smallest absolute Gasteiger partial charge is 0.0469 e. The lowest BCUT2D eigenvalue weighted by Gasteiger charge is -2.23. The molecule has 1 saturated heterocycles. The second-order valence-electron chi connectivity index (χ2n) is 5.76. The number of hydrogen-bond acceptors (Lipinski definition) is 2. The van der Waals surface area contributed by atoms with E-state index in [1.807, 2.05) is 0 Å². The van der Waals surface area contributed by atoms with Gasteiger partial charge in [-0.05, 0) is 42.4 Å². The van der Waals surface area contributed by atoms with Crippen LogP contribution in [0, 0.1) is 5.92 Å². The maximum absolute atomic E-state index is 5.43. The van der Waals surface area contributed by atoms with Crippen LogP contribution in [0.3, 0.4) is 0 Å². The highest BCUT2D eigenvalue weighted by atomic mass is 16.5. The molecule has 1 heterocycles. The van der Waals surface area contributed by atoms with Crippen LogP contribution < -0.4 is 5.32 Å². The highest BCUT2D eigenvalue weighted by molar-refractivity contribution is 5.52. The van der Waals surface area contributed by atoms with Crippen molar-refractivity contribution in [3.8, 4) is 0 Å². The van der Waals surface area contributed by atoms with E-state index in [0.29, 0.717) is 0 Å². The first kappa shape index (κ1) is 14.2. The number of nitrogens with one attached hydrogen (secondary N) is 1. The highest BCUT2D eigenvalue weighted by Crippen LogP contribution is 2.21. The van der Waals surface area contributed by atoms with Crippen molar-refractivity contribution >= 4 is 5.69 Å². The van der Waals surface area contributed by atoms with Crippen molar-refractivity contribution in [2.75, 3.05) is 25.1 Å². The van der Waals surface area contributed by atoms with Crippen LogP contribution in [0.1, 0.15) is 24.0 Å². The number of hydrogen-bond donors (Lipinski definition) is 1. The maximum Gasteiger partial charge on any atom is 0.0469 e. The van der Waals surface area contributed by atoms with Gasteiger partial charge < -0.3 is 10.1 Å². The molecule has 0 unspecified atom stereocenters. The third kappa shape index (κ3) is 4.08. The van der Waals surface area contributed by atoms with Crippen LogP contribution in [0.25, 0.3) is 0 Å². The van der Waals surface area contributed by atoms with Gasteiger partial charge in [0.15, 0.2) is 0 Å². The van der Waals surface area contributed by atoms with Crippen molar-refractivity contribution in [3.63, 3.8) is 0 Å². The summed E-state index contributed by atoms with van der Waals surface area (Å²) in [7, 11) is 0. The molecular weight excluding hydrogens is 258 g/mol. The third-order valence-electron chi connectivity index (χ3n) is 4.18. The lowest BCUT2D eigenvalue weighted by Crippen LogP contribution is -2.23. The highest BCUT2D eigenvalue weighted by Gasteiger charge is 2.13. The number of para-hydroxylation sites is 1. The standard InChI is InChI=1S/C19H23NO/c1-2-6-16(7-3-1)14-18-8-4-5-9-19(18)20-15-17-10-12-21-13-11-17/h1-9,17,20H,10-15H2. The van der Waals surface area contributed by atoms with Crippen molar-refractivity contribution < 1.29 is 4.74 Å². The first-order valence-electron chi connectivity index (χ1n) is 7.85. The Labute approximate surface area is 127 Å². The van der Waals surface area contributed by atoms with Crippen molar-refractivity contribution in [3.05, 3.63) is 65.7 Å². The summed E-state index contributed by atoms with van der Waals surface area (Å²) in [5.41, 5.74) is 4.00. The average molecular weight is 281 g/mol. The van der Waals surface area contributed by atoms with E-state index in [9.17, 15) is 0 Å². The minimum Gasteiger partial charge on any atom is -0.385 e. The second kappa shape index (κ2) is 7.28. The predicted molar refractivity (Wildman–Crippen MR) is 87.7 cm³/mol. The molecule has 0 atom stereocenters. The number of ether oxygens (including phenoxy) is 1. The van der Waals surface area contributed by atoms with Crippen molar-refractivity contribution in [2.24, 2.45) is 5.92 Å². The zero-order valence-corrected chi connectivity index (χ0v) is 12.4. The van der Waals surface area contributed by atoms with Gasteiger partial charge in [-0.2, -0.15) is 0 Å². The molecule has 0 bridgehead atoms. The number of rotatable bonds is 5. The van der Waals surface area contributed by atoms with E-state index in [0.717, 1.165) is 32.1 Å². The molecule has 0 spiro atoms. The van der Waals surface area contributed by atoms with Crippen LogP contribution in [0.4, 0.5) is 5.69 Å². The van der Waals surface area contributed by atoms with E-state index in [1.54, 1.807) is 0 Å². The molecule has 0 radical (unpaired) electrons. The third-order valence-corrected chi connectivity index (χ3v) is 4.18. The summed E-state index contributed by atoms with van der Waals surface area (Å²) in [6.07, 6.45) is 3.33. The van der Waals surface area contributed by atoms with E-state index >= 15 is 0 Å². The van der Waals surface area contributed by atoms with Crippen LogP contribution in [0.2, 0.25) is 0 Å². The molecular formula is C19H23NO. The van der Waals surface area contributed by atoms with E-state index < -0.39 is 0 Å². The molecule has 0 amide bonds. The average Bonchev–Trinajstić information content (AvgIpc) is 2.56. The van der Waals surface area contributed by atoms with Gasteiger partial charge >= 0.3 is 0 Å². The Morgan fingerprint density at radius 2 is 1.62 bits per heavy atom. The summed E-state index contributed by atoms with van der Waals surface area (Å²) < 4.78 is 5.43.